The van der Waals surface area contributed by atoms with Crippen molar-refractivity contribution in [3.63, 3.8) is 0 Å². The lowest BCUT2D eigenvalue weighted by atomic mass is 10.2. The Bertz CT molecular complexity index is 826. The van der Waals surface area contributed by atoms with Crippen LogP contribution in [0, 0.1) is 17.5 Å². The van der Waals surface area contributed by atoms with Crippen LogP contribution < -0.4 is 15.0 Å². The van der Waals surface area contributed by atoms with Crippen molar-refractivity contribution in [2.75, 3.05) is 18.6 Å². The van der Waals surface area contributed by atoms with E-state index in [-0.39, 0.29) is 25.4 Å². The van der Waals surface area contributed by atoms with Gasteiger partial charge in [0, 0.05) is 26.4 Å². The number of carbonyl (C=O) groups excluding carboxylic acids is 2. The quantitative estimate of drug-likeness (QED) is 0.751. The van der Waals surface area contributed by atoms with Gasteiger partial charge in [0.1, 0.15) is 5.75 Å². The van der Waals surface area contributed by atoms with Gasteiger partial charge in [-0.2, -0.15) is 0 Å². The Morgan fingerprint density at radius 1 is 1.04 bits per heavy atom. The molecule has 27 heavy (non-hydrogen) atoms. The summed E-state index contributed by atoms with van der Waals surface area (Å²) in [5.74, 6) is -4.76. The summed E-state index contributed by atoms with van der Waals surface area (Å²) < 4.78 is 45.4. The number of hydrogen-bond donors (Lipinski definition) is 1. The molecule has 0 spiro atoms. The molecule has 5 nitrogen and oxygen atoms in total. The molecule has 0 unspecified atom stereocenters. The van der Waals surface area contributed by atoms with E-state index in [2.05, 4.69) is 5.32 Å². The van der Waals surface area contributed by atoms with Crippen LogP contribution >= 0.6 is 0 Å². The largest absolute Gasteiger partial charge is 0.497 e. The number of nitrogens with zero attached hydrogens (tertiary/aromatic N) is 1. The Kier molecular flexibility index (Phi) is 6.81. The maximum Gasteiger partial charge on any atom is 0.223 e. The fraction of sp³-hybridized carbons (Fsp3) is 0.263. The molecule has 0 aliphatic carbocycles. The van der Waals surface area contributed by atoms with Gasteiger partial charge in [0.15, 0.2) is 17.5 Å². The normalized spacial score (nSPS) is 10.4. The monoisotopic (exact) mass is 380 g/mol. The van der Waals surface area contributed by atoms with Crippen molar-refractivity contribution in [3.05, 3.63) is 59.4 Å². The van der Waals surface area contributed by atoms with Gasteiger partial charge in [-0.25, -0.2) is 13.2 Å². The Morgan fingerprint density at radius 2 is 1.70 bits per heavy atom. The minimum Gasteiger partial charge on any atom is -0.497 e. The topological polar surface area (TPSA) is 58.6 Å². The van der Waals surface area contributed by atoms with Gasteiger partial charge >= 0.3 is 0 Å². The molecule has 2 aromatic carbocycles. The summed E-state index contributed by atoms with van der Waals surface area (Å²) >= 11 is 0. The molecule has 0 atom stereocenters. The molecule has 1 N–H and O–H groups in total. The van der Waals surface area contributed by atoms with E-state index < -0.39 is 29.0 Å². The minimum absolute atomic E-state index is 0.131. The SMILES string of the molecule is COc1ccc(CNC(=O)CCN(C(C)=O)c2ccc(F)c(F)c2F)cc1. The third kappa shape index (κ3) is 5.22. The lowest BCUT2D eigenvalue weighted by Gasteiger charge is -2.21. The number of ether oxygens (including phenoxy) is 1. The number of benzene rings is 2. The molecule has 144 valence electrons. The molecule has 0 aliphatic rings. The van der Waals surface area contributed by atoms with Crippen molar-refractivity contribution in [3.8, 4) is 5.75 Å². The zero-order chi connectivity index (χ0) is 20.0. The summed E-state index contributed by atoms with van der Waals surface area (Å²) in [4.78, 5) is 24.6. The maximum atomic E-state index is 13.9. The van der Waals surface area contributed by atoms with E-state index >= 15 is 0 Å². The number of methoxy groups -OCH3 is 1. The van der Waals surface area contributed by atoms with E-state index in [1.165, 1.54) is 0 Å². The van der Waals surface area contributed by atoms with Gasteiger partial charge in [-0.3, -0.25) is 9.59 Å². The van der Waals surface area contributed by atoms with Crippen LogP contribution in [-0.2, 0) is 16.1 Å². The molecule has 0 fully saturated rings. The van der Waals surface area contributed by atoms with E-state index in [9.17, 15) is 22.8 Å². The van der Waals surface area contributed by atoms with E-state index in [1.807, 2.05) is 0 Å². The van der Waals surface area contributed by atoms with Gasteiger partial charge in [-0.15, -0.1) is 0 Å². The number of hydrogen-bond acceptors (Lipinski definition) is 3. The van der Waals surface area contributed by atoms with Crippen LogP contribution in [0.25, 0.3) is 0 Å². The number of nitrogens with one attached hydrogen (secondary N) is 1. The predicted octanol–water partition coefficient (Wildman–Crippen LogP) is 3.17. The van der Waals surface area contributed by atoms with Crippen molar-refractivity contribution in [1.29, 1.82) is 0 Å². The molecule has 2 amide bonds. The highest BCUT2D eigenvalue weighted by Gasteiger charge is 2.21. The van der Waals surface area contributed by atoms with Crippen molar-refractivity contribution < 1.29 is 27.5 Å². The van der Waals surface area contributed by atoms with E-state index in [4.69, 9.17) is 4.74 Å². The maximum absolute atomic E-state index is 13.9. The number of rotatable bonds is 7. The van der Waals surface area contributed by atoms with Crippen molar-refractivity contribution >= 4 is 17.5 Å². The number of anilines is 1. The fourth-order valence-electron chi connectivity index (χ4n) is 2.42. The Labute approximate surface area is 154 Å². The summed E-state index contributed by atoms with van der Waals surface area (Å²) in [6, 6.07) is 8.78. The average Bonchev–Trinajstić information content (AvgIpc) is 2.66. The highest BCUT2D eigenvalue weighted by Crippen LogP contribution is 2.24. The van der Waals surface area contributed by atoms with E-state index in [0.717, 1.165) is 29.5 Å². The lowest BCUT2D eigenvalue weighted by Crippen LogP contribution is -2.34. The molecule has 0 heterocycles. The average molecular weight is 380 g/mol. The molecule has 0 radical (unpaired) electrons. The first kappa shape index (κ1) is 20.3. The molecular weight excluding hydrogens is 361 g/mol. The third-order valence-corrected chi connectivity index (χ3v) is 3.90. The zero-order valence-corrected chi connectivity index (χ0v) is 14.9. The van der Waals surface area contributed by atoms with Crippen LogP contribution in [0.4, 0.5) is 18.9 Å². The van der Waals surface area contributed by atoms with Crippen LogP contribution in [0.15, 0.2) is 36.4 Å². The molecule has 0 aromatic heterocycles. The highest BCUT2D eigenvalue weighted by atomic mass is 19.2. The van der Waals surface area contributed by atoms with Gasteiger partial charge in [-0.05, 0) is 29.8 Å². The van der Waals surface area contributed by atoms with Gasteiger partial charge in [-0.1, -0.05) is 12.1 Å². The predicted molar refractivity (Wildman–Crippen MR) is 93.8 cm³/mol. The molecule has 8 heteroatoms. The second-order valence-electron chi connectivity index (χ2n) is 5.74. The van der Waals surface area contributed by atoms with E-state index in [0.29, 0.717) is 5.75 Å². The van der Waals surface area contributed by atoms with Crippen molar-refractivity contribution in [2.24, 2.45) is 0 Å². The van der Waals surface area contributed by atoms with Crippen LogP contribution in [0.1, 0.15) is 18.9 Å². The van der Waals surface area contributed by atoms with Crippen LogP contribution in [0.5, 0.6) is 5.75 Å². The van der Waals surface area contributed by atoms with E-state index in [1.54, 1.807) is 31.4 Å². The minimum atomic E-state index is -1.66. The summed E-state index contributed by atoms with van der Waals surface area (Å²) in [6.45, 7) is 1.24. The number of halogens is 3. The third-order valence-electron chi connectivity index (χ3n) is 3.90. The lowest BCUT2D eigenvalue weighted by molar-refractivity contribution is -0.121. The standard InChI is InChI=1S/C19H19F3N2O3/c1-12(25)24(16-8-7-15(20)18(21)19(16)22)10-9-17(26)23-11-13-3-5-14(27-2)6-4-13/h3-8H,9-11H2,1-2H3,(H,23,26). The Balaban J connectivity index is 1.96. The first-order valence-corrected chi connectivity index (χ1v) is 8.14. The molecule has 0 aliphatic heterocycles. The van der Waals surface area contributed by atoms with Gasteiger partial charge in [0.05, 0.1) is 12.8 Å². The van der Waals surface area contributed by atoms with Gasteiger partial charge in [0.25, 0.3) is 0 Å². The summed E-state index contributed by atoms with van der Waals surface area (Å²) in [5, 5.41) is 2.67. The Hall–Kier alpha value is -3.03. The van der Waals surface area contributed by atoms with Crippen LogP contribution in [0.3, 0.4) is 0 Å². The smallest absolute Gasteiger partial charge is 0.223 e. The highest BCUT2D eigenvalue weighted by molar-refractivity contribution is 5.92. The number of amides is 2. The molecule has 0 bridgehead atoms. The number of carbonyl (C=O) groups is 2. The van der Waals surface area contributed by atoms with Gasteiger partial charge < -0.3 is 15.0 Å². The zero-order valence-electron chi connectivity index (χ0n) is 14.9. The summed E-state index contributed by atoms with van der Waals surface area (Å²) in [6.07, 6.45) is -0.131. The van der Waals surface area contributed by atoms with Crippen LogP contribution in [0.2, 0.25) is 0 Å². The van der Waals surface area contributed by atoms with Crippen LogP contribution in [-0.4, -0.2) is 25.5 Å². The van der Waals surface area contributed by atoms with Gasteiger partial charge in [0.2, 0.25) is 11.8 Å². The first-order valence-electron chi connectivity index (χ1n) is 8.14. The fourth-order valence-corrected chi connectivity index (χ4v) is 2.42. The second kappa shape index (κ2) is 9.07. The Morgan fingerprint density at radius 3 is 2.30 bits per heavy atom. The molecule has 0 saturated carbocycles. The first-order chi connectivity index (χ1) is 12.8. The molecule has 0 saturated heterocycles. The second-order valence-corrected chi connectivity index (χ2v) is 5.74. The molecular formula is C19H19F3N2O3. The molecule has 2 aromatic rings. The summed E-state index contributed by atoms with van der Waals surface area (Å²) in [7, 11) is 1.55. The summed E-state index contributed by atoms with van der Waals surface area (Å²) in [5.41, 5.74) is 0.434. The molecule has 2 rings (SSSR count). The van der Waals surface area contributed by atoms with Crippen molar-refractivity contribution in [2.45, 2.75) is 19.9 Å². The van der Waals surface area contributed by atoms with Crippen molar-refractivity contribution in [1.82, 2.24) is 5.32 Å².